The monoisotopic (exact) mass is 613 g/mol. The third-order valence-electron chi connectivity index (χ3n) is 7.60. The van der Waals surface area contributed by atoms with Crippen LogP contribution in [0.15, 0.2) is 40.9 Å². The predicted molar refractivity (Wildman–Crippen MR) is 152 cm³/mol. The van der Waals surface area contributed by atoms with E-state index >= 15 is 0 Å². The van der Waals surface area contributed by atoms with Gasteiger partial charge in [0.25, 0.3) is 11.6 Å². The van der Waals surface area contributed by atoms with Crippen LogP contribution in [0.3, 0.4) is 0 Å². The summed E-state index contributed by atoms with van der Waals surface area (Å²) in [5.74, 6) is -1.26. The minimum absolute atomic E-state index is 0.0671. The molecular formula is C28H32BrN5O6. The number of rotatable bonds is 5. The normalized spacial score (nSPS) is 24.6. The van der Waals surface area contributed by atoms with Crippen molar-refractivity contribution in [1.29, 1.82) is 0 Å². The van der Waals surface area contributed by atoms with Crippen LogP contribution < -0.4 is 10.6 Å². The Morgan fingerprint density at radius 1 is 1.12 bits per heavy atom. The molecule has 0 radical (unpaired) electrons. The molecule has 2 aromatic carbocycles. The first-order valence-electron chi connectivity index (χ1n) is 13.5. The fraction of sp³-hybridized carbons (Fsp3) is 0.464. The fourth-order valence-electron chi connectivity index (χ4n) is 5.92. The fourth-order valence-corrected chi connectivity index (χ4v) is 6.37. The number of fused-ring (bicyclic) bond motifs is 1. The van der Waals surface area contributed by atoms with Gasteiger partial charge in [-0.3, -0.25) is 24.5 Å². The maximum absolute atomic E-state index is 13.7. The van der Waals surface area contributed by atoms with Gasteiger partial charge in [0.1, 0.15) is 5.69 Å². The van der Waals surface area contributed by atoms with Crippen LogP contribution in [0.1, 0.15) is 54.9 Å². The number of likely N-dealkylation sites (tertiary alicyclic amines) is 1. The van der Waals surface area contributed by atoms with E-state index in [0.717, 1.165) is 5.56 Å². The molecule has 2 aromatic rings. The smallest absolute Gasteiger partial charge is 0.294 e. The number of morpholine rings is 1. The molecule has 2 saturated heterocycles. The number of nitro benzene ring substituents is 1. The van der Waals surface area contributed by atoms with Crippen molar-refractivity contribution in [3.63, 3.8) is 0 Å². The van der Waals surface area contributed by atoms with Crippen molar-refractivity contribution in [3.05, 3.63) is 62.1 Å². The minimum atomic E-state index is -0.590. The van der Waals surface area contributed by atoms with Crippen molar-refractivity contribution in [2.45, 2.75) is 57.3 Å². The molecule has 0 aromatic heterocycles. The molecule has 3 heterocycles. The van der Waals surface area contributed by atoms with Crippen LogP contribution in [-0.2, 0) is 14.3 Å². The second kappa shape index (κ2) is 11.5. The lowest BCUT2D eigenvalue weighted by atomic mass is 9.88. The average Bonchev–Trinajstić information content (AvgIpc) is 2.92. The van der Waals surface area contributed by atoms with E-state index in [-0.39, 0.29) is 59.3 Å². The van der Waals surface area contributed by atoms with Gasteiger partial charge in [-0.2, -0.15) is 0 Å². The number of anilines is 2. The third kappa shape index (κ3) is 5.83. The first kappa shape index (κ1) is 28.0. The number of ether oxygens (including phenoxy) is 1. The number of nitrogens with one attached hydrogen (secondary N) is 2. The minimum Gasteiger partial charge on any atom is -0.374 e. The highest BCUT2D eigenvalue weighted by Gasteiger charge is 2.37. The first-order valence-corrected chi connectivity index (χ1v) is 14.3. The second-order valence-corrected chi connectivity index (χ2v) is 11.6. The molecule has 11 nitrogen and oxygen atoms in total. The SMILES string of the molecule is C[C@@H]1CN(C(=O)c2cc(Br)cc([N+](=O)[O-])c2N[C@@H]2CCCN(C(=O)[C@H]3CC(=O)Nc4ccccc43)C2)C[C@H](C)O1. The molecule has 2 N–H and O–H groups in total. The van der Waals surface area contributed by atoms with Crippen molar-refractivity contribution >= 4 is 50.7 Å². The Morgan fingerprint density at radius 3 is 2.58 bits per heavy atom. The zero-order valence-electron chi connectivity index (χ0n) is 22.4. The quantitative estimate of drug-likeness (QED) is 0.382. The molecule has 3 aliphatic rings. The summed E-state index contributed by atoms with van der Waals surface area (Å²) in [6.07, 6.45) is 1.10. The number of amides is 3. The van der Waals surface area contributed by atoms with Gasteiger partial charge in [-0.15, -0.1) is 0 Å². The Balaban J connectivity index is 1.40. The van der Waals surface area contributed by atoms with E-state index in [0.29, 0.717) is 49.2 Å². The van der Waals surface area contributed by atoms with Crippen LogP contribution in [0, 0.1) is 10.1 Å². The molecule has 212 valence electrons. The van der Waals surface area contributed by atoms with Crippen LogP contribution in [0.5, 0.6) is 0 Å². The lowest BCUT2D eigenvalue weighted by Crippen LogP contribution is -2.49. The van der Waals surface area contributed by atoms with Gasteiger partial charge in [0.2, 0.25) is 11.8 Å². The number of carbonyl (C=O) groups is 3. The summed E-state index contributed by atoms with van der Waals surface area (Å²) in [5, 5.41) is 18.2. The molecule has 2 fully saturated rings. The summed E-state index contributed by atoms with van der Waals surface area (Å²) in [6.45, 7) is 5.36. The number of para-hydroxylation sites is 1. The van der Waals surface area contributed by atoms with Crippen molar-refractivity contribution in [2.75, 3.05) is 36.8 Å². The van der Waals surface area contributed by atoms with Crippen LogP contribution in [0.4, 0.5) is 17.1 Å². The molecule has 0 unspecified atom stereocenters. The van der Waals surface area contributed by atoms with E-state index in [9.17, 15) is 24.5 Å². The molecule has 3 amide bonds. The van der Waals surface area contributed by atoms with Crippen molar-refractivity contribution in [2.24, 2.45) is 0 Å². The molecule has 0 spiro atoms. The number of piperidine rings is 1. The van der Waals surface area contributed by atoms with Crippen LogP contribution >= 0.6 is 15.9 Å². The molecule has 5 rings (SSSR count). The number of halogens is 1. The zero-order chi connectivity index (χ0) is 28.6. The number of benzene rings is 2. The van der Waals surface area contributed by atoms with Crippen molar-refractivity contribution in [3.8, 4) is 0 Å². The standard InChI is InChI=1S/C28H32BrN5O6/c1-16-13-33(14-17(2)40-16)28(37)22-10-18(29)11-24(34(38)39)26(22)30-19-6-5-9-32(15-19)27(36)21-12-25(35)31-23-8-4-3-7-20(21)23/h3-4,7-8,10-11,16-17,19,21,30H,5-6,9,12-15H2,1-2H3,(H,31,35)/t16-,17+,19-,21+/m1/s1. The molecule has 3 aliphatic heterocycles. The van der Waals surface area contributed by atoms with Crippen LogP contribution in [0.2, 0.25) is 0 Å². The van der Waals surface area contributed by atoms with Crippen LogP contribution in [-0.4, -0.2) is 76.9 Å². The molecule has 12 heteroatoms. The van der Waals surface area contributed by atoms with Crippen molar-refractivity contribution < 1.29 is 24.0 Å². The number of hydrogen-bond donors (Lipinski definition) is 2. The Hall–Kier alpha value is -3.51. The van der Waals surface area contributed by atoms with Gasteiger partial charge in [-0.25, -0.2) is 0 Å². The highest BCUT2D eigenvalue weighted by atomic mass is 79.9. The summed E-state index contributed by atoms with van der Waals surface area (Å²) in [6, 6.07) is 9.97. The number of carbonyl (C=O) groups excluding carboxylic acids is 3. The van der Waals surface area contributed by atoms with Crippen molar-refractivity contribution in [1.82, 2.24) is 9.80 Å². The van der Waals surface area contributed by atoms with Crippen LogP contribution in [0.25, 0.3) is 0 Å². The summed E-state index contributed by atoms with van der Waals surface area (Å²) in [5.41, 5.74) is 1.56. The molecule has 0 bridgehead atoms. The van der Waals surface area contributed by atoms with Gasteiger partial charge >= 0.3 is 0 Å². The third-order valence-corrected chi connectivity index (χ3v) is 8.05. The lowest BCUT2D eigenvalue weighted by molar-refractivity contribution is -0.384. The van der Waals surface area contributed by atoms with Gasteiger partial charge in [0.15, 0.2) is 0 Å². The summed E-state index contributed by atoms with van der Waals surface area (Å²) >= 11 is 3.33. The molecule has 40 heavy (non-hydrogen) atoms. The summed E-state index contributed by atoms with van der Waals surface area (Å²) in [4.78, 5) is 54.6. The molecule has 0 aliphatic carbocycles. The zero-order valence-corrected chi connectivity index (χ0v) is 24.0. The Labute approximate surface area is 240 Å². The van der Waals surface area contributed by atoms with Gasteiger partial charge in [-0.05, 0) is 44.4 Å². The van der Waals surface area contributed by atoms with E-state index in [1.54, 1.807) is 21.9 Å². The number of hydrogen-bond acceptors (Lipinski definition) is 7. The average molecular weight is 614 g/mol. The van der Waals surface area contributed by atoms with Gasteiger partial charge in [0, 0.05) is 54.9 Å². The largest absolute Gasteiger partial charge is 0.374 e. The summed E-state index contributed by atoms with van der Waals surface area (Å²) < 4.78 is 6.19. The topological polar surface area (TPSA) is 134 Å². The number of nitrogens with zero attached hydrogens (tertiary/aromatic N) is 3. The summed E-state index contributed by atoms with van der Waals surface area (Å²) in [7, 11) is 0. The first-order chi connectivity index (χ1) is 19.1. The Morgan fingerprint density at radius 2 is 1.85 bits per heavy atom. The number of nitro groups is 1. The lowest BCUT2D eigenvalue weighted by Gasteiger charge is -2.37. The predicted octanol–water partition coefficient (Wildman–Crippen LogP) is 4.14. The maximum atomic E-state index is 13.7. The van der Waals surface area contributed by atoms with Gasteiger partial charge in [0.05, 0.1) is 28.6 Å². The van der Waals surface area contributed by atoms with E-state index < -0.39 is 10.8 Å². The molecule has 0 saturated carbocycles. The van der Waals surface area contributed by atoms with Gasteiger partial charge < -0.3 is 25.2 Å². The van der Waals surface area contributed by atoms with Gasteiger partial charge in [-0.1, -0.05) is 34.1 Å². The second-order valence-electron chi connectivity index (χ2n) is 10.7. The molecular weight excluding hydrogens is 582 g/mol. The Kier molecular flexibility index (Phi) is 8.09. The molecule has 4 atom stereocenters. The highest BCUT2D eigenvalue weighted by molar-refractivity contribution is 9.10. The van der Waals surface area contributed by atoms with E-state index in [1.165, 1.54) is 6.07 Å². The Bertz CT molecular complexity index is 1340. The van der Waals surface area contributed by atoms with E-state index in [2.05, 4.69) is 26.6 Å². The van der Waals surface area contributed by atoms with E-state index in [1.807, 2.05) is 32.0 Å². The maximum Gasteiger partial charge on any atom is 0.294 e. The highest BCUT2D eigenvalue weighted by Crippen LogP contribution is 2.37. The van der Waals surface area contributed by atoms with E-state index in [4.69, 9.17) is 4.74 Å².